The molecule has 0 bridgehead atoms. The minimum Gasteiger partial charge on any atom is -0.417 e. The Bertz CT molecular complexity index is 1100. The molecule has 2 heterocycles. The van der Waals surface area contributed by atoms with Gasteiger partial charge < -0.3 is 4.74 Å². The van der Waals surface area contributed by atoms with Gasteiger partial charge in [0.2, 0.25) is 5.88 Å². The topological polar surface area (TPSA) is 64.3 Å². The Morgan fingerprint density at radius 2 is 1.80 bits per heavy atom. The number of hydrogen-bond donors (Lipinski definition) is 1. The summed E-state index contributed by atoms with van der Waals surface area (Å²) in [5.74, 6) is 0.945. The molecule has 0 spiro atoms. The third-order valence-electron chi connectivity index (χ3n) is 4.16. The van der Waals surface area contributed by atoms with Crippen molar-refractivity contribution in [2.75, 3.05) is 0 Å². The van der Waals surface area contributed by atoms with Crippen molar-refractivity contribution in [1.82, 2.24) is 20.4 Å². The first-order valence-corrected chi connectivity index (χ1v) is 7.93. The van der Waals surface area contributed by atoms with Gasteiger partial charge in [0.25, 0.3) is 5.90 Å². The van der Waals surface area contributed by atoms with Gasteiger partial charge in [0.05, 0.1) is 11.4 Å². The van der Waals surface area contributed by atoms with Crippen LogP contribution in [-0.4, -0.2) is 20.9 Å². The van der Waals surface area contributed by atoms with E-state index < -0.39 is 0 Å². The second-order valence-corrected chi connectivity index (χ2v) is 5.84. The largest absolute Gasteiger partial charge is 0.417 e. The molecule has 0 saturated heterocycles. The number of rotatable bonds is 2. The molecule has 6 nitrogen and oxygen atoms in total. The average molecular weight is 331 g/mol. The lowest BCUT2D eigenvalue weighted by atomic mass is 10.2. The Labute approximate surface area is 144 Å². The van der Waals surface area contributed by atoms with Crippen molar-refractivity contribution < 1.29 is 4.74 Å². The van der Waals surface area contributed by atoms with Crippen LogP contribution in [-0.2, 0) is 4.74 Å². The molecule has 0 aliphatic carbocycles. The van der Waals surface area contributed by atoms with E-state index in [0.717, 1.165) is 27.4 Å². The molecule has 4 rings (SSSR count). The molecule has 1 aromatic heterocycles. The van der Waals surface area contributed by atoms with Crippen LogP contribution in [0.15, 0.2) is 53.6 Å². The highest BCUT2D eigenvalue weighted by Crippen LogP contribution is 2.18. The summed E-state index contributed by atoms with van der Waals surface area (Å²) in [6, 6.07) is 15.7. The van der Waals surface area contributed by atoms with Gasteiger partial charge in [-0.1, -0.05) is 48.2 Å². The van der Waals surface area contributed by atoms with E-state index in [1.807, 2.05) is 62.4 Å². The standard InChI is InChI=1S/C19H17N5O/c1-12-8-4-6-10-15(12)18-21-22-19(25-18)17-14(3)24(23-20-17)16-11-7-5-9-13(16)2/h4-11,21H,1H2,2-3H3. The number of ether oxygens (including phenoxy) is 1. The van der Waals surface area contributed by atoms with E-state index in [2.05, 4.69) is 27.4 Å². The van der Waals surface area contributed by atoms with Crippen molar-refractivity contribution in [3.63, 3.8) is 0 Å². The van der Waals surface area contributed by atoms with Crippen LogP contribution in [0.25, 0.3) is 18.1 Å². The highest BCUT2D eigenvalue weighted by molar-refractivity contribution is 5.97. The molecule has 1 N–H and O–H groups in total. The highest BCUT2D eigenvalue weighted by atomic mass is 16.5. The Hall–Kier alpha value is -3.41. The minimum absolute atomic E-state index is 0.399. The second-order valence-electron chi connectivity index (χ2n) is 5.84. The van der Waals surface area contributed by atoms with Gasteiger partial charge in [0, 0.05) is 5.22 Å². The second kappa shape index (κ2) is 5.90. The number of hydrogen-bond acceptors (Lipinski definition) is 5. The first kappa shape index (κ1) is 15.1. The molecule has 124 valence electrons. The van der Waals surface area contributed by atoms with Gasteiger partial charge >= 0.3 is 0 Å². The number of para-hydroxylation sites is 1. The van der Waals surface area contributed by atoms with Gasteiger partial charge in [-0.25, -0.2) is 10.1 Å². The van der Waals surface area contributed by atoms with E-state index in [1.165, 1.54) is 0 Å². The maximum Gasteiger partial charge on any atom is 0.267 e. The molecule has 3 aromatic rings. The van der Waals surface area contributed by atoms with Crippen LogP contribution in [0.3, 0.4) is 0 Å². The fourth-order valence-corrected chi connectivity index (χ4v) is 2.76. The van der Waals surface area contributed by atoms with Crippen LogP contribution in [0, 0.1) is 13.8 Å². The number of aromatic nitrogens is 3. The van der Waals surface area contributed by atoms with Gasteiger partial charge in [-0.2, -0.15) is 0 Å². The van der Waals surface area contributed by atoms with E-state index in [9.17, 15) is 0 Å². The van der Waals surface area contributed by atoms with Crippen LogP contribution >= 0.6 is 0 Å². The predicted octanol–water partition coefficient (Wildman–Crippen LogP) is 1.34. The van der Waals surface area contributed by atoms with Gasteiger partial charge in [0.1, 0.15) is 0 Å². The summed E-state index contributed by atoms with van der Waals surface area (Å²) in [6.07, 6.45) is 0. The molecule has 0 fully saturated rings. The van der Waals surface area contributed by atoms with Crippen molar-refractivity contribution in [3.05, 3.63) is 75.9 Å². The maximum atomic E-state index is 5.87. The lowest BCUT2D eigenvalue weighted by molar-refractivity contribution is 0.501. The van der Waals surface area contributed by atoms with Crippen LogP contribution in [0.2, 0.25) is 0 Å². The predicted molar refractivity (Wildman–Crippen MR) is 96.2 cm³/mol. The SMILES string of the molecule is C=c1ccccc1=C1NN=C(c2nnn(-c3ccccc3C)c2C)O1. The zero-order chi connectivity index (χ0) is 17.4. The first-order chi connectivity index (χ1) is 12.1. The molecular formula is C19H17N5O. The van der Waals surface area contributed by atoms with Gasteiger partial charge in [-0.3, -0.25) is 0 Å². The summed E-state index contributed by atoms with van der Waals surface area (Å²) in [6.45, 7) is 8.00. The van der Waals surface area contributed by atoms with Crippen LogP contribution in [0.4, 0.5) is 0 Å². The maximum absolute atomic E-state index is 5.87. The van der Waals surface area contributed by atoms with Crippen molar-refractivity contribution in [3.8, 4) is 5.69 Å². The van der Waals surface area contributed by atoms with E-state index >= 15 is 0 Å². The monoisotopic (exact) mass is 331 g/mol. The fourth-order valence-electron chi connectivity index (χ4n) is 2.76. The van der Waals surface area contributed by atoms with Gasteiger partial charge in [-0.05, 0) is 36.8 Å². The van der Waals surface area contributed by atoms with Crippen molar-refractivity contribution >= 4 is 18.4 Å². The van der Waals surface area contributed by atoms with Crippen LogP contribution in [0.5, 0.6) is 0 Å². The number of benzene rings is 2. The fraction of sp³-hybridized carbons (Fsp3) is 0.105. The lowest BCUT2D eigenvalue weighted by Gasteiger charge is -2.06. The molecule has 25 heavy (non-hydrogen) atoms. The Kier molecular flexibility index (Phi) is 3.57. The highest BCUT2D eigenvalue weighted by Gasteiger charge is 2.23. The van der Waals surface area contributed by atoms with Crippen LogP contribution in [0.1, 0.15) is 17.0 Å². The molecule has 6 heteroatoms. The molecule has 0 atom stereocenters. The number of nitrogens with one attached hydrogen (secondary N) is 1. The van der Waals surface area contributed by atoms with Gasteiger partial charge in [0.15, 0.2) is 5.69 Å². The smallest absolute Gasteiger partial charge is 0.267 e. The number of nitrogens with zero attached hydrogens (tertiary/aromatic N) is 4. The summed E-state index contributed by atoms with van der Waals surface area (Å²) in [5.41, 5.74) is 6.48. The molecule has 0 saturated carbocycles. The number of aryl methyl sites for hydroxylation is 1. The van der Waals surface area contributed by atoms with Crippen molar-refractivity contribution in [2.24, 2.45) is 5.10 Å². The first-order valence-electron chi connectivity index (χ1n) is 7.93. The molecule has 0 unspecified atom stereocenters. The Balaban J connectivity index is 1.72. The lowest BCUT2D eigenvalue weighted by Crippen LogP contribution is -2.28. The zero-order valence-corrected chi connectivity index (χ0v) is 14.0. The normalized spacial score (nSPS) is 15.5. The molecule has 2 aromatic carbocycles. The minimum atomic E-state index is 0.399. The summed E-state index contributed by atoms with van der Waals surface area (Å²) in [4.78, 5) is 0. The van der Waals surface area contributed by atoms with Crippen molar-refractivity contribution in [1.29, 1.82) is 0 Å². The zero-order valence-electron chi connectivity index (χ0n) is 14.0. The Morgan fingerprint density at radius 1 is 1.04 bits per heavy atom. The average Bonchev–Trinajstić information content (AvgIpc) is 3.23. The van der Waals surface area contributed by atoms with E-state index in [-0.39, 0.29) is 0 Å². The molecule has 0 radical (unpaired) electrons. The number of hydrazone groups is 1. The van der Waals surface area contributed by atoms with Crippen LogP contribution < -0.4 is 15.9 Å². The third kappa shape index (κ3) is 2.57. The molecule has 1 aliphatic rings. The quantitative estimate of drug-likeness (QED) is 0.770. The van der Waals surface area contributed by atoms with E-state index in [0.29, 0.717) is 17.5 Å². The molecule has 1 aliphatic heterocycles. The molecule has 0 amide bonds. The van der Waals surface area contributed by atoms with E-state index in [1.54, 1.807) is 4.68 Å². The summed E-state index contributed by atoms with van der Waals surface area (Å²) in [7, 11) is 0. The van der Waals surface area contributed by atoms with Crippen molar-refractivity contribution in [2.45, 2.75) is 13.8 Å². The summed E-state index contributed by atoms with van der Waals surface area (Å²) in [5, 5.41) is 14.5. The summed E-state index contributed by atoms with van der Waals surface area (Å²) >= 11 is 0. The molecular weight excluding hydrogens is 314 g/mol. The third-order valence-corrected chi connectivity index (χ3v) is 4.16. The summed E-state index contributed by atoms with van der Waals surface area (Å²) < 4.78 is 7.67. The Morgan fingerprint density at radius 3 is 2.60 bits per heavy atom. The van der Waals surface area contributed by atoms with Gasteiger partial charge in [-0.15, -0.1) is 10.2 Å². The van der Waals surface area contributed by atoms with E-state index in [4.69, 9.17) is 4.74 Å².